The maximum atomic E-state index is 13.1. The van der Waals surface area contributed by atoms with E-state index in [4.69, 9.17) is 11.6 Å². The number of rotatable bonds is 4. The van der Waals surface area contributed by atoms with E-state index >= 15 is 0 Å². The van der Waals surface area contributed by atoms with Crippen LogP contribution in [-0.2, 0) is 0 Å². The van der Waals surface area contributed by atoms with Gasteiger partial charge in [-0.2, -0.15) is 0 Å². The summed E-state index contributed by atoms with van der Waals surface area (Å²) >= 11 is 6.42. The Labute approximate surface area is 112 Å². The Balaban J connectivity index is 1.90. The smallest absolute Gasteiger partial charge is 0.207 e. The Morgan fingerprint density at radius 1 is 1.33 bits per heavy atom. The van der Waals surface area contributed by atoms with E-state index in [-0.39, 0.29) is 30.1 Å². The highest BCUT2D eigenvalue weighted by Crippen LogP contribution is 2.43. The van der Waals surface area contributed by atoms with Crippen LogP contribution in [-0.4, -0.2) is 5.92 Å². The maximum Gasteiger partial charge on any atom is 0.248 e. The van der Waals surface area contributed by atoms with Crippen LogP contribution in [0.25, 0.3) is 0 Å². The molecule has 3 heteroatoms. The Bertz CT molecular complexity index is 377. The van der Waals surface area contributed by atoms with Gasteiger partial charge in [0.15, 0.2) is 0 Å². The zero-order chi connectivity index (χ0) is 13.2. The van der Waals surface area contributed by atoms with Crippen molar-refractivity contribution in [3.05, 3.63) is 35.9 Å². The van der Waals surface area contributed by atoms with Crippen molar-refractivity contribution in [3.63, 3.8) is 0 Å². The molecule has 0 heterocycles. The molecular weight excluding hydrogens is 254 g/mol. The topological polar surface area (TPSA) is 0 Å². The van der Waals surface area contributed by atoms with E-state index in [1.54, 1.807) is 0 Å². The molecule has 100 valence electrons. The zero-order valence-corrected chi connectivity index (χ0v) is 11.3. The minimum absolute atomic E-state index is 0.0374. The second-order valence-corrected chi connectivity index (χ2v) is 5.96. The summed E-state index contributed by atoms with van der Waals surface area (Å²) in [5.41, 5.74) is 1.08. The van der Waals surface area contributed by atoms with Crippen LogP contribution >= 0.6 is 11.6 Å². The van der Waals surface area contributed by atoms with Crippen molar-refractivity contribution in [1.29, 1.82) is 0 Å². The van der Waals surface area contributed by atoms with Crippen LogP contribution in [0.15, 0.2) is 30.3 Å². The molecule has 0 spiro atoms. The molecule has 0 aliphatic heterocycles. The molecule has 3 atom stereocenters. The summed E-state index contributed by atoms with van der Waals surface area (Å²) in [6.07, 6.45) is 1.51. The summed E-state index contributed by atoms with van der Waals surface area (Å²) in [5.74, 6) is -2.09. The number of hydrogen-bond donors (Lipinski definition) is 0. The quantitative estimate of drug-likeness (QED) is 0.641. The van der Waals surface area contributed by atoms with Gasteiger partial charge in [0.25, 0.3) is 0 Å². The van der Waals surface area contributed by atoms with Crippen LogP contribution in [0.1, 0.15) is 43.5 Å². The molecule has 0 aromatic heterocycles. The Hall–Kier alpha value is -0.630. The second kappa shape index (κ2) is 5.56. The average Bonchev–Trinajstić information content (AvgIpc) is 2.68. The molecule has 3 unspecified atom stereocenters. The summed E-state index contributed by atoms with van der Waals surface area (Å²) < 4.78 is 26.3. The fraction of sp³-hybridized carbons (Fsp3) is 0.600. The SMILES string of the molecule is CC(CC1CCC(F)(F)C1)C(Cl)c1ccccc1. The predicted molar refractivity (Wildman–Crippen MR) is 71.1 cm³/mol. The molecular formula is C15H19ClF2. The standard InChI is InChI=1S/C15H19ClF2/c1-11(9-12-7-8-15(17,18)10-12)14(16)13-5-3-2-4-6-13/h2-6,11-12,14H,7-10H2,1H3. The van der Waals surface area contributed by atoms with Crippen LogP contribution in [0.3, 0.4) is 0 Å². The molecule has 2 rings (SSSR count). The van der Waals surface area contributed by atoms with Crippen molar-refractivity contribution >= 4 is 11.6 Å². The lowest BCUT2D eigenvalue weighted by Crippen LogP contribution is -2.13. The van der Waals surface area contributed by atoms with E-state index in [1.807, 2.05) is 30.3 Å². The molecule has 1 aliphatic carbocycles. The lowest BCUT2D eigenvalue weighted by Gasteiger charge is -2.21. The molecule has 0 radical (unpaired) electrons. The predicted octanol–water partition coefficient (Wildman–Crippen LogP) is 5.43. The monoisotopic (exact) mass is 272 g/mol. The van der Waals surface area contributed by atoms with E-state index < -0.39 is 5.92 Å². The van der Waals surface area contributed by atoms with Crippen molar-refractivity contribution < 1.29 is 8.78 Å². The second-order valence-electron chi connectivity index (χ2n) is 5.49. The van der Waals surface area contributed by atoms with Crippen LogP contribution in [0, 0.1) is 11.8 Å². The third-order valence-corrected chi connectivity index (χ3v) is 4.51. The van der Waals surface area contributed by atoms with Crippen LogP contribution < -0.4 is 0 Å². The van der Waals surface area contributed by atoms with Crippen LogP contribution in [0.4, 0.5) is 8.78 Å². The Morgan fingerprint density at radius 2 is 2.00 bits per heavy atom. The van der Waals surface area contributed by atoms with Gasteiger partial charge < -0.3 is 0 Å². The van der Waals surface area contributed by atoms with Gasteiger partial charge in [-0.25, -0.2) is 8.78 Å². The first-order valence-corrected chi connectivity index (χ1v) is 6.98. The number of benzene rings is 1. The highest BCUT2D eigenvalue weighted by atomic mass is 35.5. The van der Waals surface area contributed by atoms with Gasteiger partial charge in [-0.15, -0.1) is 11.6 Å². The lowest BCUT2D eigenvalue weighted by molar-refractivity contribution is 0.00413. The molecule has 1 aromatic carbocycles. The first kappa shape index (κ1) is 13.8. The van der Waals surface area contributed by atoms with Gasteiger partial charge in [-0.05, 0) is 30.2 Å². The maximum absolute atomic E-state index is 13.1. The first-order chi connectivity index (χ1) is 8.48. The van der Waals surface area contributed by atoms with Crippen molar-refractivity contribution in [1.82, 2.24) is 0 Å². The minimum atomic E-state index is -2.45. The van der Waals surface area contributed by atoms with Crippen molar-refractivity contribution in [2.45, 2.75) is 43.9 Å². The van der Waals surface area contributed by atoms with Gasteiger partial charge in [-0.1, -0.05) is 37.3 Å². The van der Waals surface area contributed by atoms with E-state index in [1.165, 1.54) is 0 Å². The molecule has 0 bridgehead atoms. The summed E-state index contributed by atoms with van der Waals surface area (Å²) in [7, 11) is 0. The van der Waals surface area contributed by atoms with Crippen molar-refractivity contribution in [3.8, 4) is 0 Å². The van der Waals surface area contributed by atoms with Crippen molar-refractivity contribution in [2.24, 2.45) is 11.8 Å². The van der Waals surface area contributed by atoms with E-state index in [0.29, 0.717) is 6.42 Å². The number of alkyl halides is 3. The van der Waals surface area contributed by atoms with Gasteiger partial charge in [-0.3, -0.25) is 0 Å². The van der Waals surface area contributed by atoms with Gasteiger partial charge in [0.1, 0.15) is 0 Å². The van der Waals surface area contributed by atoms with Gasteiger partial charge in [0.2, 0.25) is 5.92 Å². The minimum Gasteiger partial charge on any atom is -0.207 e. The number of halogens is 3. The third kappa shape index (κ3) is 3.44. The third-order valence-electron chi connectivity index (χ3n) is 3.83. The summed E-state index contributed by atoms with van der Waals surface area (Å²) in [6, 6.07) is 9.87. The Kier molecular flexibility index (Phi) is 4.26. The number of hydrogen-bond acceptors (Lipinski definition) is 0. The lowest BCUT2D eigenvalue weighted by atomic mass is 9.89. The van der Waals surface area contributed by atoms with E-state index in [9.17, 15) is 8.78 Å². The van der Waals surface area contributed by atoms with Gasteiger partial charge >= 0.3 is 0 Å². The average molecular weight is 273 g/mol. The highest BCUT2D eigenvalue weighted by Gasteiger charge is 2.40. The van der Waals surface area contributed by atoms with E-state index in [2.05, 4.69) is 6.92 Å². The molecule has 1 fully saturated rings. The Morgan fingerprint density at radius 3 is 2.56 bits per heavy atom. The molecule has 0 saturated heterocycles. The first-order valence-electron chi connectivity index (χ1n) is 6.55. The van der Waals surface area contributed by atoms with Crippen molar-refractivity contribution in [2.75, 3.05) is 0 Å². The molecule has 1 aromatic rings. The molecule has 0 nitrogen and oxygen atoms in total. The largest absolute Gasteiger partial charge is 0.248 e. The highest BCUT2D eigenvalue weighted by molar-refractivity contribution is 6.20. The zero-order valence-electron chi connectivity index (χ0n) is 10.6. The molecule has 1 saturated carbocycles. The molecule has 1 aliphatic rings. The summed E-state index contributed by atoms with van der Waals surface area (Å²) in [4.78, 5) is 0. The summed E-state index contributed by atoms with van der Waals surface area (Å²) in [5, 5.41) is -0.0829. The van der Waals surface area contributed by atoms with Crippen LogP contribution in [0.2, 0.25) is 0 Å². The van der Waals surface area contributed by atoms with E-state index in [0.717, 1.165) is 12.0 Å². The molecule has 18 heavy (non-hydrogen) atoms. The van der Waals surface area contributed by atoms with Gasteiger partial charge in [0.05, 0.1) is 5.38 Å². The fourth-order valence-electron chi connectivity index (χ4n) is 2.85. The fourth-order valence-corrected chi connectivity index (χ4v) is 3.10. The molecule has 0 N–H and O–H groups in total. The van der Waals surface area contributed by atoms with Crippen LogP contribution in [0.5, 0.6) is 0 Å². The molecule has 0 amide bonds. The van der Waals surface area contributed by atoms with Gasteiger partial charge in [0, 0.05) is 12.8 Å². The normalized spacial score (nSPS) is 25.9. The summed E-state index contributed by atoms with van der Waals surface area (Å²) in [6.45, 7) is 2.06.